The first-order valence-electron chi connectivity index (χ1n) is 6.54. The highest BCUT2D eigenvalue weighted by Gasteiger charge is 2.17. The zero-order valence-corrected chi connectivity index (χ0v) is 11.6. The smallest absolute Gasteiger partial charge is 0.397 e. The van der Waals surface area contributed by atoms with E-state index in [0.717, 1.165) is 0 Å². The van der Waals surface area contributed by atoms with Crippen molar-refractivity contribution in [1.29, 1.82) is 0 Å². The van der Waals surface area contributed by atoms with E-state index in [1.54, 1.807) is 24.3 Å². The standard InChI is InChI=1S/C14H10N4O5/c19-14(9-4-2-1-3-5-9)15-8-11-16-13(17-23-11)10-6-7-12(22-10)18(20)21/h1-7H,8H2,(H,15,19). The van der Waals surface area contributed by atoms with Gasteiger partial charge in [0, 0.05) is 5.56 Å². The summed E-state index contributed by atoms with van der Waals surface area (Å²) in [6.07, 6.45) is 0. The second kappa shape index (κ2) is 6.10. The number of aromatic nitrogens is 2. The van der Waals surface area contributed by atoms with Gasteiger partial charge in [-0.3, -0.25) is 14.9 Å². The van der Waals surface area contributed by atoms with Gasteiger partial charge in [-0.25, -0.2) is 0 Å². The molecule has 0 radical (unpaired) electrons. The Balaban J connectivity index is 1.65. The Kier molecular flexibility index (Phi) is 3.83. The van der Waals surface area contributed by atoms with Gasteiger partial charge in [0.25, 0.3) is 5.91 Å². The molecule has 0 spiro atoms. The van der Waals surface area contributed by atoms with Crippen LogP contribution in [0.5, 0.6) is 0 Å². The molecular formula is C14H10N4O5. The fraction of sp³-hybridized carbons (Fsp3) is 0.0714. The van der Waals surface area contributed by atoms with Gasteiger partial charge in [-0.05, 0) is 18.2 Å². The largest absolute Gasteiger partial charge is 0.433 e. The molecule has 0 saturated heterocycles. The predicted molar refractivity (Wildman–Crippen MR) is 76.3 cm³/mol. The molecule has 9 nitrogen and oxygen atoms in total. The molecule has 1 N–H and O–H groups in total. The average Bonchev–Trinajstić information content (AvgIpc) is 3.22. The highest BCUT2D eigenvalue weighted by Crippen LogP contribution is 2.23. The van der Waals surface area contributed by atoms with E-state index in [1.165, 1.54) is 12.1 Å². The summed E-state index contributed by atoms with van der Waals surface area (Å²) in [4.78, 5) is 25.8. The van der Waals surface area contributed by atoms with Gasteiger partial charge in [0.05, 0.1) is 12.6 Å². The number of rotatable bonds is 5. The molecule has 9 heteroatoms. The summed E-state index contributed by atoms with van der Waals surface area (Å²) in [7, 11) is 0. The number of hydrogen-bond acceptors (Lipinski definition) is 7. The molecule has 0 atom stereocenters. The van der Waals surface area contributed by atoms with Crippen molar-refractivity contribution in [3.63, 3.8) is 0 Å². The van der Waals surface area contributed by atoms with Gasteiger partial charge in [-0.2, -0.15) is 4.98 Å². The Morgan fingerprint density at radius 2 is 2.00 bits per heavy atom. The van der Waals surface area contributed by atoms with Crippen LogP contribution in [0, 0.1) is 10.1 Å². The molecule has 2 aromatic heterocycles. The second-order valence-electron chi connectivity index (χ2n) is 4.46. The Labute approximate surface area is 129 Å². The molecule has 0 fully saturated rings. The van der Waals surface area contributed by atoms with E-state index in [-0.39, 0.29) is 29.9 Å². The minimum Gasteiger partial charge on any atom is -0.397 e. The number of carbonyl (C=O) groups excluding carboxylic acids is 1. The van der Waals surface area contributed by atoms with Gasteiger partial charge in [0.2, 0.25) is 11.7 Å². The molecule has 0 bridgehead atoms. The normalized spacial score (nSPS) is 10.4. The summed E-state index contributed by atoms with van der Waals surface area (Å²) in [6, 6.07) is 11.2. The van der Waals surface area contributed by atoms with Gasteiger partial charge in [-0.1, -0.05) is 23.4 Å². The van der Waals surface area contributed by atoms with E-state index in [0.29, 0.717) is 5.56 Å². The van der Waals surface area contributed by atoms with Crippen molar-refractivity contribution < 1.29 is 18.7 Å². The van der Waals surface area contributed by atoms with Crippen molar-refractivity contribution >= 4 is 11.8 Å². The topological polar surface area (TPSA) is 124 Å². The van der Waals surface area contributed by atoms with Crippen LogP contribution in [-0.4, -0.2) is 21.0 Å². The lowest BCUT2D eigenvalue weighted by atomic mass is 10.2. The fourth-order valence-electron chi connectivity index (χ4n) is 1.82. The van der Waals surface area contributed by atoms with E-state index in [1.807, 2.05) is 6.07 Å². The maximum Gasteiger partial charge on any atom is 0.433 e. The second-order valence-corrected chi connectivity index (χ2v) is 4.46. The van der Waals surface area contributed by atoms with Crippen molar-refractivity contribution in [3.8, 4) is 11.6 Å². The lowest BCUT2D eigenvalue weighted by molar-refractivity contribution is -0.401. The molecular weight excluding hydrogens is 304 g/mol. The number of nitrogens with one attached hydrogen (secondary N) is 1. The van der Waals surface area contributed by atoms with Crippen LogP contribution in [0.3, 0.4) is 0 Å². The first kappa shape index (κ1) is 14.4. The van der Waals surface area contributed by atoms with Gasteiger partial charge in [-0.15, -0.1) is 0 Å². The monoisotopic (exact) mass is 314 g/mol. The van der Waals surface area contributed by atoms with Crippen molar-refractivity contribution in [3.05, 3.63) is 64.0 Å². The van der Waals surface area contributed by atoms with Crippen LogP contribution in [-0.2, 0) is 6.54 Å². The molecule has 0 saturated carbocycles. The Bertz CT molecular complexity index is 840. The summed E-state index contributed by atoms with van der Waals surface area (Å²) in [6.45, 7) is 0.0313. The summed E-state index contributed by atoms with van der Waals surface area (Å²) in [5, 5.41) is 16.8. The lowest BCUT2D eigenvalue weighted by Gasteiger charge is -2.01. The molecule has 1 aromatic carbocycles. The molecule has 3 rings (SSSR count). The van der Waals surface area contributed by atoms with Crippen molar-refractivity contribution in [2.45, 2.75) is 6.54 Å². The maximum absolute atomic E-state index is 11.9. The number of nitrogens with zero attached hydrogens (tertiary/aromatic N) is 3. The number of nitro groups is 1. The SMILES string of the molecule is O=C(NCc1nc(-c2ccc([N+](=O)[O-])o2)no1)c1ccccc1. The van der Waals surface area contributed by atoms with Gasteiger partial charge in [0.15, 0.2) is 5.76 Å². The molecule has 116 valence electrons. The third kappa shape index (κ3) is 3.23. The number of carbonyl (C=O) groups is 1. The third-order valence-electron chi connectivity index (χ3n) is 2.90. The third-order valence-corrected chi connectivity index (χ3v) is 2.90. The van der Waals surface area contributed by atoms with E-state index in [4.69, 9.17) is 8.94 Å². The molecule has 3 aromatic rings. The van der Waals surface area contributed by atoms with Gasteiger partial charge >= 0.3 is 5.88 Å². The van der Waals surface area contributed by atoms with Crippen molar-refractivity contribution in [1.82, 2.24) is 15.5 Å². The number of furan rings is 1. The van der Waals surface area contributed by atoms with Crippen LogP contribution in [0.1, 0.15) is 16.2 Å². The minimum absolute atomic E-state index is 0.0313. The molecule has 0 aliphatic rings. The first-order chi connectivity index (χ1) is 11.1. The van der Waals surface area contributed by atoms with Crippen LogP contribution in [0.25, 0.3) is 11.6 Å². The summed E-state index contributed by atoms with van der Waals surface area (Å²) >= 11 is 0. The quantitative estimate of drug-likeness (QED) is 0.565. The first-order valence-corrected chi connectivity index (χ1v) is 6.54. The Hall–Kier alpha value is -3.49. The van der Waals surface area contributed by atoms with E-state index in [2.05, 4.69) is 15.5 Å². The average molecular weight is 314 g/mol. The van der Waals surface area contributed by atoms with Gasteiger partial charge in [0.1, 0.15) is 4.92 Å². The zero-order valence-electron chi connectivity index (χ0n) is 11.6. The highest BCUT2D eigenvalue weighted by atomic mass is 16.6. The minimum atomic E-state index is -0.662. The summed E-state index contributed by atoms with van der Waals surface area (Å²) < 4.78 is 9.94. The number of amides is 1. The van der Waals surface area contributed by atoms with E-state index < -0.39 is 10.8 Å². The van der Waals surface area contributed by atoms with Crippen LogP contribution < -0.4 is 5.32 Å². The predicted octanol–water partition coefficient (Wildman–Crippen LogP) is 2.17. The van der Waals surface area contributed by atoms with Crippen LogP contribution in [0.4, 0.5) is 5.88 Å². The summed E-state index contributed by atoms with van der Waals surface area (Å²) in [5.41, 5.74) is 0.508. The number of benzene rings is 1. The van der Waals surface area contributed by atoms with Crippen LogP contribution in [0.2, 0.25) is 0 Å². The van der Waals surface area contributed by atoms with Gasteiger partial charge < -0.3 is 14.3 Å². The van der Waals surface area contributed by atoms with Crippen LogP contribution >= 0.6 is 0 Å². The highest BCUT2D eigenvalue weighted by molar-refractivity contribution is 5.93. The fourth-order valence-corrected chi connectivity index (χ4v) is 1.82. The Morgan fingerprint density at radius 3 is 2.70 bits per heavy atom. The van der Waals surface area contributed by atoms with E-state index >= 15 is 0 Å². The zero-order chi connectivity index (χ0) is 16.2. The van der Waals surface area contributed by atoms with Crippen molar-refractivity contribution in [2.75, 3.05) is 0 Å². The van der Waals surface area contributed by atoms with Crippen molar-refractivity contribution in [2.24, 2.45) is 0 Å². The molecule has 0 unspecified atom stereocenters. The summed E-state index contributed by atoms with van der Waals surface area (Å²) in [5.74, 6) is -0.353. The molecule has 0 aliphatic heterocycles. The van der Waals surface area contributed by atoms with Crippen LogP contribution in [0.15, 0.2) is 51.4 Å². The molecule has 23 heavy (non-hydrogen) atoms. The molecule has 0 aliphatic carbocycles. The maximum atomic E-state index is 11.9. The number of hydrogen-bond donors (Lipinski definition) is 1. The molecule has 1 amide bonds. The molecule has 2 heterocycles. The lowest BCUT2D eigenvalue weighted by Crippen LogP contribution is -2.22. The van der Waals surface area contributed by atoms with E-state index in [9.17, 15) is 14.9 Å². The Morgan fingerprint density at radius 1 is 1.22 bits per heavy atom.